The number of benzene rings is 2. The number of nitrogens with zero attached hydrogens (tertiary/aromatic N) is 2. The fourth-order valence-electron chi connectivity index (χ4n) is 3.63. The van der Waals surface area contributed by atoms with Crippen LogP contribution in [0, 0.1) is 0 Å². The third-order valence-electron chi connectivity index (χ3n) is 4.86. The molecule has 1 aromatic heterocycles. The molecule has 0 aliphatic carbocycles. The number of aromatic nitrogens is 1. The first kappa shape index (κ1) is 18.0. The minimum Gasteiger partial charge on any atom is -0.494 e. The average molecular weight is 401 g/mol. The van der Waals surface area contributed by atoms with E-state index in [4.69, 9.17) is 27.9 Å². The van der Waals surface area contributed by atoms with Gasteiger partial charge >= 0.3 is 0 Å². The molecule has 1 aliphatic rings. The van der Waals surface area contributed by atoms with Crippen LogP contribution in [0.4, 0.5) is 0 Å². The second-order valence-electron chi connectivity index (χ2n) is 6.41. The Labute approximate surface area is 167 Å². The number of rotatable bonds is 3. The second-order valence-corrected chi connectivity index (χ2v) is 7.23. The quantitative estimate of drug-likeness (QED) is 0.616. The van der Waals surface area contributed by atoms with E-state index in [1.807, 2.05) is 47.5 Å². The van der Waals surface area contributed by atoms with E-state index in [2.05, 4.69) is 10.6 Å². The Hall–Kier alpha value is -2.43. The third-order valence-corrected chi connectivity index (χ3v) is 5.43. The van der Waals surface area contributed by atoms with Crippen molar-refractivity contribution in [1.82, 2.24) is 9.47 Å². The van der Waals surface area contributed by atoms with Crippen LogP contribution in [-0.2, 0) is 6.54 Å². The molecule has 1 aliphatic heterocycles. The van der Waals surface area contributed by atoms with Crippen molar-refractivity contribution in [2.24, 2.45) is 0 Å². The van der Waals surface area contributed by atoms with E-state index in [0.29, 0.717) is 27.9 Å². The second kappa shape index (κ2) is 7.29. The zero-order valence-corrected chi connectivity index (χ0v) is 16.2. The number of halogens is 2. The van der Waals surface area contributed by atoms with E-state index in [1.54, 1.807) is 12.1 Å². The lowest BCUT2D eigenvalue weighted by Crippen LogP contribution is -2.42. The van der Waals surface area contributed by atoms with Gasteiger partial charge in [-0.05, 0) is 29.8 Å². The molecule has 1 atom stereocenters. The topological polar surface area (TPSA) is 34.5 Å². The molecule has 0 spiro atoms. The fraction of sp³-hybridized carbons (Fsp3) is 0.190. The summed E-state index contributed by atoms with van der Waals surface area (Å²) in [6.07, 6.45) is 2.05. The summed E-state index contributed by atoms with van der Waals surface area (Å²) in [4.78, 5) is 15.3. The normalized spacial score (nSPS) is 16.1. The largest absolute Gasteiger partial charge is 0.494 e. The Kier molecular flexibility index (Phi) is 4.85. The summed E-state index contributed by atoms with van der Waals surface area (Å²) < 4.78 is 7.38. The summed E-state index contributed by atoms with van der Waals surface area (Å²) in [7, 11) is 1.50. The van der Waals surface area contributed by atoms with Crippen molar-refractivity contribution >= 4 is 29.1 Å². The Balaban J connectivity index is 1.77. The molecule has 27 heavy (non-hydrogen) atoms. The van der Waals surface area contributed by atoms with Gasteiger partial charge in [-0.1, -0.05) is 53.5 Å². The maximum atomic E-state index is 13.4. The third kappa shape index (κ3) is 3.20. The monoisotopic (exact) mass is 400 g/mol. The lowest BCUT2D eigenvalue weighted by atomic mass is 9.99. The molecule has 0 N–H and O–H groups in total. The lowest BCUT2D eigenvalue weighted by molar-refractivity contribution is 0.0664. The standard InChI is InChI=1S/C21H18Cl2N2O2/c1-27-20-16(22)12-15(13-17(20)23)21(26)25-11-10-24-9-5-8-18(24)19(25)14-6-3-2-4-7-14/h2-9,12-13,19H,10-11H2,1H3. The van der Waals surface area contributed by atoms with Gasteiger partial charge in [0.15, 0.2) is 5.75 Å². The highest BCUT2D eigenvalue weighted by Crippen LogP contribution is 2.37. The number of hydrogen-bond acceptors (Lipinski definition) is 2. The molecule has 0 saturated carbocycles. The van der Waals surface area contributed by atoms with Gasteiger partial charge in [-0.25, -0.2) is 0 Å². The number of carbonyl (C=O) groups is 1. The summed E-state index contributed by atoms with van der Waals surface area (Å²) >= 11 is 12.5. The molecule has 138 valence electrons. The van der Waals surface area contributed by atoms with Crippen LogP contribution in [-0.4, -0.2) is 29.0 Å². The molecule has 0 fully saturated rings. The van der Waals surface area contributed by atoms with Crippen LogP contribution < -0.4 is 4.74 Å². The zero-order chi connectivity index (χ0) is 19.0. The molecule has 0 bridgehead atoms. The van der Waals surface area contributed by atoms with E-state index in [1.165, 1.54) is 7.11 Å². The Morgan fingerprint density at radius 1 is 1.04 bits per heavy atom. The predicted molar refractivity (Wildman–Crippen MR) is 107 cm³/mol. The van der Waals surface area contributed by atoms with E-state index >= 15 is 0 Å². The van der Waals surface area contributed by atoms with Gasteiger partial charge in [-0.3, -0.25) is 4.79 Å². The first-order valence-electron chi connectivity index (χ1n) is 8.64. The molecule has 2 aromatic carbocycles. The lowest BCUT2D eigenvalue weighted by Gasteiger charge is -2.37. The molecular weight excluding hydrogens is 383 g/mol. The summed E-state index contributed by atoms with van der Waals surface area (Å²) in [6, 6.07) is 17.2. The first-order chi connectivity index (χ1) is 13.1. The van der Waals surface area contributed by atoms with Crippen LogP contribution in [0.5, 0.6) is 5.75 Å². The van der Waals surface area contributed by atoms with Gasteiger partial charge in [-0.2, -0.15) is 0 Å². The van der Waals surface area contributed by atoms with Gasteiger partial charge in [0.05, 0.1) is 23.2 Å². The highest BCUT2D eigenvalue weighted by atomic mass is 35.5. The first-order valence-corrected chi connectivity index (χ1v) is 9.39. The summed E-state index contributed by atoms with van der Waals surface area (Å²) in [6.45, 7) is 1.34. The van der Waals surface area contributed by atoms with E-state index in [-0.39, 0.29) is 11.9 Å². The number of amides is 1. The average Bonchev–Trinajstić information content (AvgIpc) is 3.16. The van der Waals surface area contributed by atoms with Gasteiger partial charge in [0.1, 0.15) is 0 Å². The van der Waals surface area contributed by atoms with Crippen LogP contribution in [0.25, 0.3) is 0 Å². The Morgan fingerprint density at radius 3 is 2.41 bits per heavy atom. The molecule has 6 heteroatoms. The Morgan fingerprint density at radius 2 is 1.74 bits per heavy atom. The van der Waals surface area contributed by atoms with Crippen molar-refractivity contribution in [3.05, 3.63) is 87.7 Å². The fourth-order valence-corrected chi connectivity index (χ4v) is 4.27. The van der Waals surface area contributed by atoms with Crippen molar-refractivity contribution in [1.29, 1.82) is 0 Å². The predicted octanol–water partition coefficient (Wildman–Crippen LogP) is 5.05. The van der Waals surface area contributed by atoms with Crippen LogP contribution in [0.1, 0.15) is 27.7 Å². The Bertz CT molecular complexity index is 962. The van der Waals surface area contributed by atoms with E-state index < -0.39 is 0 Å². The zero-order valence-electron chi connectivity index (χ0n) is 14.7. The molecule has 0 saturated heterocycles. The highest BCUT2D eigenvalue weighted by Gasteiger charge is 2.33. The summed E-state index contributed by atoms with van der Waals surface area (Å²) in [5.74, 6) is 0.268. The van der Waals surface area contributed by atoms with E-state index in [9.17, 15) is 4.79 Å². The van der Waals surface area contributed by atoms with Crippen molar-refractivity contribution in [2.75, 3.05) is 13.7 Å². The van der Waals surface area contributed by atoms with Crippen molar-refractivity contribution < 1.29 is 9.53 Å². The number of fused-ring (bicyclic) bond motifs is 1. The molecule has 0 radical (unpaired) electrons. The van der Waals surface area contributed by atoms with Gasteiger partial charge in [0.25, 0.3) is 5.91 Å². The minimum absolute atomic E-state index is 0.109. The van der Waals surface area contributed by atoms with Crippen LogP contribution in [0.3, 0.4) is 0 Å². The number of carbonyl (C=O) groups excluding carboxylic acids is 1. The number of methoxy groups -OCH3 is 1. The highest BCUT2D eigenvalue weighted by molar-refractivity contribution is 6.37. The summed E-state index contributed by atoms with van der Waals surface area (Å²) in [5.41, 5.74) is 2.61. The summed E-state index contributed by atoms with van der Waals surface area (Å²) in [5, 5.41) is 0.648. The van der Waals surface area contributed by atoms with Gasteiger partial charge in [0.2, 0.25) is 0 Å². The number of ether oxygens (including phenoxy) is 1. The molecule has 2 heterocycles. The smallest absolute Gasteiger partial charge is 0.254 e. The van der Waals surface area contributed by atoms with Crippen molar-refractivity contribution in [2.45, 2.75) is 12.6 Å². The van der Waals surface area contributed by atoms with Crippen molar-refractivity contribution in [3.63, 3.8) is 0 Å². The van der Waals surface area contributed by atoms with Gasteiger partial charge in [0, 0.05) is 30.5 Å². The number of hydrogen-bond donors (Lipinski definition) is 0. The molecular formula is C21H18Cl2N2O2. The molecule has 1 unspecified atom stereocenters. The van der Waals surface area contributed by atoms with E-state index in [0.717, 1.165) is 17.8 Å². The van der Waals surface area contributed by atoms with Crippen molar-refractivity contribution in [3.8, 4) is 5.75 Å². The molecule has 1 amide bonds. The van der Waals surface area contributed by atoms with Crippen LogP contribution in [0.15, 0.2) is 60.8 Å². The molecule has 4 nitrogen and oxygen atoms in total. The van der Waals surface area contributed by atoms with Crippen LogP contribution in [0.2, 0.25) is 10.0 Å². The minimum atomic E-state index is -0.165. The molecule has 4 rings (SSSR count). The maximum absolute atomic E-state index is 13.4. The molecule has 3 aromatic rings. The van der Waals surface area contributed by atoms with Gasteiger partial charge in [-0.15, -0.1) is 0 Å². The van der Waals surface area contributed by atoms with Gasteiger partial charge < -0.3 is 14.2 Å². The maximum Gasteiger partial charge on any atom is 0.254 e. The SMILES string of the molecule is COc1c(Cl)cc(C(=O)N2CCn3cccc3C2c2ccccc2)cc1Cl. The van der Waals surface area contributed by atoms with Crippen LogP contribution >= 0.6 is 23.2 Å².